The molecule has 0 aliphatic rings. The standard InChI is InChI=1S/C19H21BrO6S/c1-19(2,3)26-13(21)10-25-15-14(20)16(27-17(15)18(22)24-5)11-7-6-8-12(9-11)23-4/h6-9H,10H2,1-5H3. The van der Waals surface area contributed by atoms with E-state index in [1.165, 1.54) is 18.4 Å². The Hall–Kier alpha value is -2.06. The van der Waals surface area contributed by atoms with Crippen molar-refractivity contribution in [3.63, 3.8) is 0 Å². The highest BCUT2D eigenvalue weighted by molar-refractivity contribution is 9.10. The van der Waals surface area contributed by atoms with Crippen molar-refractivity contribution in [2.24, 2.45) is 0 Å². The minimum atomic E-state index is -0.622. The minimum absolute atomic E-state index is 0.246. The zero-order valence-electron chi connectivity index (χ0n) is 15.8. The fraction of sp³-hybridized carbons (Fsp3) is 0.368. The summed E-state index contributed by atoms with van der Waals surface area (Å²) in [5.74, 6) is -0.146. The predicted molar refractivity (Wildman–Crippen MR) is 107 cm³/mol. The van der Waals surface area contributed by atoms with E-state index in [4.69, 9.17) is 18.9 Å². The molecule has 1 aromatic carbocycles. The highest BCUT2D eigenvalue weighted by Crippen LogP contribution is 2.46. The number of hydrogen-bond acceptors (Lipinski definition) is 7. The van der Waals surface area contributed by atoms with E-state index in [0.29, 0.717) is 10.2 Å². The SMILES string of the molecule is COC(=O)c1sc(-c2cccc(OC)c2)c(Br)c1OCC(=O)OC(C)(C)C. The van der Waals surface area contributed by atoms with Crippen molar-refractivity contribution in [2.75, 3.05) is 20.8 Å². The van der Waals surface area contributed by atoms with Crippen LogP contribution in [0.2, 0.25) is 0 Å². The molecule has 0 N–H and O–H groups in total. The number of methoxy groups -OCH3 is 2. The Morgan fingerprint density at radius 3 is 2.48 bits per heavy atom. The van der Waals surface area contributed by atoms with Gasteiger partial charge >= 0.3 is 11.9 Å². The molecular weight excluding hydrogens is 436 g/mol. The second-order valence-corrected chi connectivity index (χ2v) is 8.32. The Morgan fingerprint density at radius 2 is 1.89 bits per heavy atom. The highest BCUT2D eigenvalue weighted by atomic mass is 79.9. The van der Waals surface area contributed by atoms with E-state index >= 15 is 0 Å². The molecule has 0 aliphatic carbocycles. The molecule has 0 saturated carbocycles. The average molecular weight is 457 g/mol. The van der Waals surface area contributed by atoms with Gasteiger partial charge in [-0.3, -0.25) is 0 Å². The van der Waals surface area contributed by atoms with Gasteiger partial charge < -0.3 is 18.9 Å². The summed E-state index contributed by atoms with van der Waals surface area (Å²) in [6.45, 7) is 4.98. The summed E-state index contributed by atoms with van der Waals surface area (Å²) in [6, 6.07) is 7.40. The second-order valence-electron chi connectivity index (χ2n) is 6.50. The molecular formula is C19H21BrO6S. The van der Waals surface area contributed by atoms with Crippen molar-refractivity contribution in [3.8, 4) is 21.9 Å². The molecule has 0 radical (unpaired) electrons. The molecule has 2 aromatic rings. The third kappa shape index (κ3) is 5.46. The summed E-state index contributed by atoms with van der Waals surface area (Å²) in [7, 11) is 2.87. The first kappa shape index (κ1) is 21.2. The number of thiophene rings is 1. The Kier molecular flexibility index (Phi) is 6.89. The molecule has 27 heavy (non-hydrogen) atoms. The molecule has 0 spiro atoms. The Balaban J connectivity index is 2.36. The van der Waals surface area contributed by atoms with E-state index in [2.05, 4.69) is 15.9 Å². The fourth-order valence-corrected chi connectivity index (χ4v) is 4.17. The van der Waals surface area contributed by atoms with Crippen LogP contribution in [0.3, 0.4) is 0 Å². The summed E-state index contributed by atoms with van der Waals surface area (Å²) in [5.41, 5.74) is 0.215. The normalized spacial score (nSPS) is 11.0. The van der Waals surface area contributed by atoms with Gasteiger partial charge in [0.2, 0.25) is 0 Å². The van der Waals surface area contributed by atoms with E-state index in [-0.39, 0.29) is 17.2 Å². The molecule has 146 valence electrons. The van der Waals surface area contributed by atoms with Gasteiger partial charge in [-0.25, -0.2) is 9.59 Å². The van der Waals surface area contributed by atoms with Crippen LogP contribution >= 0.6 is 27.3 Å². The van der Waals surface area contributed by atoms with Gasteiger partial charge in [-0.1, -0.05) is 12.1 Å². The molecule has 0 saturated heterocycles. The number of ether oxygens (including phenoxy) is 4. The second kappa shape index (κ2) is 8.75. The molecule has 0 bridgehead atoms. The predicted octanol–water partition coefficient (Wildman–Crippen LogP) is 4.69. The van der Waals surface area contributed by atoms with Crippen LogP contribution in [-0.2, 0) is 14.3 Å². The van der Waals surface area contributed by atoms with E-state index < -0.39 is 17.5 Å². The molecule has 8 heteroatoms. The Labute approximate surface area is 170 Å². The van der Waals surface area contributed by atoms with Crippen molar-refractivity contribution < 1.29 is 28.5 Å². The van der Waals surface area contributed by atoms with Gasteiger partial charge in [0.05, 0.1) is 23.6 Å². The molecule has 0 unspecified atom stereocenters. The van der Waals surface area contributed by atoms with Crippen LogP contribution in [0.15, 0.2) is 28.7 Å². The third-order valence-corrected chi connectivity index (χ3v) is 5.49. The van der Waals surface area contributed by atoms with Gasteiger partial charge in [0.1, 0.15) is 11.4 Å². The van der Waals surface area contributed by atoms with Crippen LogP contribution in [0.5, 0.6) is 11.5 Å². The van der Waals surface area contributed by atoms with Gasteiger partial charge in [0, 0.05) is 0 Å². The lowest BCUT2D eigenvalue weighted by Crippen LogP contribution is -2.27. The molecule has 6 nitrogen and oxygen atoms in total. The van der Waals surface area contributed by atoms with E-state index in [1.54, 1.807) is 27.9 Å². The van der Waals surface area contributed by atoms with Gasteiger partial charge in [0.25, 0.3) is 0 Å². The number of esters is 2. The van der Waals surface area contributed by atoms with Crippen molar-refractivity contribution in [1.29, 1.82) is 0 Å². The quantitative estimate of drug-likeness (QED) is 0.586. The Morgan fingerprint density at radius 1 is 1.19 bits per heavy atom. The smallest absolute Gasteiger partial charge is 0.351 e. The third-order valence-electron chi connectivity index (χ3n) is 3.27. The van der Waals surface area contributed by atoms with Gasteiger partial charge in [0.15, 0.2) is 17.2 Å². The maximum atomic E-state index is 12.2. The average Bonchev–Trinajstić information content (AvgIpc) is 2.94. The van der Waals surface area contributed by atoms with E-state index in [9.17, 15) is 9.59 Å². The summed E-state index contributed by atoms with van der Waals surface area (Å²) in [5, 5.41) is 0. The summed E-state index contributed by atoms with van der Waals surface area (Å²) < 4.78 is 21.5. The summed E-state index contributed by atoms with van der Waals surface area (Å²) in [4.78, 5) is 25.1. The number of carbonyl (C=O) groups excluding carboxylic acids is 2. The van der Waals surface area contributed by atoms with Crippen LogP contribution in [0.4, 0.5) is 0 Å². The number of carbonyl (C=O) groups is 2. The summed E-state index contributed by atoms with van der Waals surface area (Å²) in [6.07, 6.45) is 0. The van der Waals surface area contributed by atoms with Crippen LogP contribution in [0, 0.1) is 0 Å². The molecule has 1 aromatic heterocycles. The molecule has 0 atom stereocenters. The topological polar surface area (TPSA) is 71.1 Å². The fourth-order valence-electron chi connectivity index (χ4n) is 2.20. The van der Waals surface area contributed by atoms with Crippen LogP contribution in [0.1, 0.15) is 30.4 Å². The zero-order valence-corrected chi connectivity index (χ0v) is 18.2. The highest BCUT2D eigenvalue weighted by Gasteiger charge is 2.26. The number of benzene rings is 1. The number of halogens is 1. The minimum Gasteiger partial charge on any atom is -0.497 e. The molecule has 0 aliphatic heterocycles. The van der Waals surface area contributed by atoms with Crippen molar-refractivity contribution >= 4 is 39.2 Å². The lowest BCUT2D eigenvalue weighted by molar-refractivity contribution is -0.157. The number of rotatable bonds is 6. The van der Waals surface area contributed by atoms with Gasteiger partial charge in [-0.2, -0.15) is 0 Å². The Bertz CT molecular complexity index is 837. The summed E-state index contributed by atoms with van der Waals surface area (Å²) >= 11 is 4.68. The molecule has 0 amide bonds. The first-order valence-electron chi connectivity index (χ1n) is 8.06. The first-order valence-corrected chi connectivity index (χ1v) is 9.67. The van der Waals surface area contributed by atoms with Gasteiger partial charge in [-0.05, 0) is 54.4 Å². The first-order chi connectivity index (χ1) is 12.7. The number of hydrogen-bond donors (Lipinski definition) is 0. The maximum Gasteiger partial charge on any atom is 0.351 e. The lowest BCUT2D eigenvalue weighted by Gasteiger charge is -2.19. The largest absolute Gasteiger partial charge is 0.497 e. The van der Waals surface area contributed by atoms with Crippen LogP contribution in [0.25, 0.3) is 10.4 Å². The molecule has 2 rings (SSSR count). The van der Waals surface area contributed by atoms with E-state index in [0.717, 1.165) is 10.4 Å². The van der Waals surface area contributed by atoms with Crippen molar-refractivity contribution in [2.45, 2.75) is 26.4 Å². The van der Waals surface area contributed by atoms with Crippen molar-refractivity contribution in [1.82, 2.24) is 0 Å². The molecule has 0 fully saturated rings. The molecule has 1 heterocycles. The maximum absolute atomic E-state index is 12.2. The van der Waals surface area contributed by atoms with E-state index in [1.807, 2.05) is 24.3 Å². The van der Waals surface area contributed by atoms with Crippen molar-refractivity contribution in [3.05, 3.63) is 33.6 Å². The van der Waals surface area contributed by atoms with Crippen LogP contribution < -0.4 is 9.47 Å². The van der Waals surface area contributed by atoms with Gasteiger partial charge in [-0.15, -0.1) is 11.3 Å². The lowest BCUT2D eigenvalue weighted by atomic mass is 10.2. The monoisotopic (exact) mass is 456 g/mol. The zero-order chi connectivity index (χ0) is 20.2. The van der Waals surface area contributed by atoms with Crippen LogP contribution in [-0.4, -0.2) is 38.4 Å².